The summed E-state index contributed by atoms with van der Waals surface area (Å²) in [5, 5.41) is 0.909. The molecule has 0 aromatic rings. The van der Waals surface area contributed by atoms with Crippen molar-refractivity contribution in [2.45, 2.75) is 71.4 Å². The van der Waals surface area contributed by atoms with E-state index in [1.807, 2.05) is 27.7 Å². The van der Waals surface area contributed by atoms with Gasteiger partial charge < -0.3 is 4.74 Å². The molecule has 0 spiro atoms. The average Bonchev–Trinajstić information content (AvgIpc) is 2.25. The van der Waals surface area contributed by atoms with E-state index < -0.39 is 15.6 Å². The van der Waals surface area contributed by atoms with E-state index in [2.05, 4.69) is 11.3 Å². The highest BCUT2D eigenvalue weighted by molar-refractivity contribution is 7.92. The topological polar surface area (TPSA) is 72.5 Å². The molecule has 0 aromatic heterocycles. The van der Waals surface area contributed by atoms with Gasteiger partial charge in [0, 0.05) is 17.9 Å². The molecule has 0 unspecified atom stereocenters. The maximum atomic E-state index is 11.5. The first-order chi connectivity index (χ1) is 9.06. The minimum Gasteiger partial charge on any atom is -0.460 e. The van der Waals surface area contributed by atoms with E-state index in [0.717, 1.165) is 31.1 Å². The van der Waals surface area contributed by atoms with Gasteiger partial charge in [-0.2, -0.15) is 0 Å². The Labute approximate surface area is 122 Å². The van der Waals surface area contributed by atoms with Crippen molar-refractivity contribution in [3.8, 4) is 0 Å². The molecule has 0 aliphatic heterocycles. The van der Waals surface area contributed by atoms with Crippen molar-refractivity contribution in [2.75, 3.05) is 0 Å². The lowest BCUT2D eigenvalue weighted by atomic mass is 10.1. The SMILES string of the molecule is C=CS(=O)(=O)N[C@H](C)CCCCCC(=O)OC(C)(C)C. The molecule has 0 aromatic carbocycles. The predicted octanol–water partition coefficient (Wildman–Crippen LogP) is 2.73. The van der Waals surface area contributed by atoms with Gasteiger partial charge >= 0.3 is 5.97 Å². The molecule has 5 nitrogen and oxygen atoms in total. The summed E-state index contributed by atoms with van der Waals surface area (Å²) in [5.41, 5.74) is -0.436. The summed E-state index contributed by atoms with van der Waals surface area (Å²) < 4.78 is 30.2. The fourth-order valence-electron chi connectivity index (χ4n) is 1.68. The van der Waals surface area contributed by atoms with Crippen molar-refractivity contribution in [2.24, 2.45) is 0 Å². The van der Waals surface area contributed by atoms with Crippen LogP contribution in [0.4, 0.5) is 0 Å². The molecule has 0 aliphatic rings. The number of hydrogen-bond donors (Lipinski definition) is 1. The Balaban J connectivity index is 3.72. The molecule has 0 bridgehead atoms. The Morgan fingerprint density at radius 2 is 1.90 bits per heavy atom. The quantitative estimate of drug-likeness (QED) is 0.525. The molecule has 0 aliphatic carbocycles. The molecule has 0 saturated carbocycles. The number of sulfonamides is 1. The first-order valence-electron chi connectivity index (χ1n) is 6.92. The van der Waals surface area contributed by atoms with E-state index in [1.165, 1.54) is 0 Å². The van der Waals surface area contributed by atoms with Gasteiger partial charge in [0.25, 0.3) is 0 Å². The summed E-state index contributed by atoms with van der Waals surface area (Å²) in [5.74, 6) is -0.182. The first kappa shape index (κ1) is 19.1. The highest BCUT2D eigenvalue weighted by Crippen LogP contribution is 2.11. The van der Waals surface area contributed by atoms with Crippen LogP contribution < -0.4 is 4.72 Å². The summed E-state index contributed by atoms with van der Waals surface area (Å²) in [7, 11) is -3.36. The molecule has 0 amide bonds. The zero-order chi connectivity index (χ0) is 15.8. The summed E-state index contributed by atoms with van der Waals surface area (Å²) in [4.78, 5) is 11.5. The fourth-order valence-corrected chi connectivity index (χ4v) is 2.45. The van der Waals surface area contributed by atoms with Gasteiger partial charge in [-0.05, 0) is 40.5 Å². The van der Waals surface area contributed by atoms with Gasteiger partial charge in [0.05, 0.1) is 0 Å². The molecule has 0 heterocycles. The normalized spacial score (nSPS) is 13.8. The van der Waals surface area contributed by atoms with Crippen LogP contribution in [0.25, 0.3) is 0 Å². The number of hydrogen-bond acceptors (Lipinski definition) is 4. The Bertz CT molecular complexity index is 409. The molecule has 1 N–H and O–H groups in total. The van der Waals surface area contributed by atoms with Crippen molar-refractivity contribution >= 4 is 16.0 Å². The first-order valence-corrected chi connectivity index (χ1v) is 8.47. The van der Waals surface area contributed by atoms with E-state index in [4.69, 9.17) is 4.74 Å². The lowest BCUT2D eigenvalue weighted by molar-refractivity contribution is -0.154. The van der Waals surface area contributed by atoms with Crippen molar-refractivity contribution in [1.82, 2.24) is 4.72 Å². The zero-order valence-corrected chi connectivity index (χ0v) is 13.8. The number of carbonyl (C=O) groups is 1. The van der Waals surface area contributed by atoms with Crippen LogP contribution in [-0.2, 0) is 19.6 Å². The summed E-state index contributed by atoms with van der Waals surface area (Å²) >= 11 is 0. The number of ether oxygens (including phenoxy) is 1. The number of rotatable bonds is 9. The maximum absolute atomic E-state index is 11.5. The Kier molecular flexibility index (Phi) is 8.05. The molecule has 0 fully saturated rings. The molecule has 0 saturated heterocycles. The van der Waals surface area contributed by atoms with E-state index in [1.54, 1.807) is 0 Å². The molecular formula is C14H27NO4S. The van der Waals surface area contributed by atoms with E-state index in [-0.39, 0.29) is 12.0 Å². The molecule has 0 rings (SSSR count). The largest absolute Gasteiger partial charge is 0.460 e. The Hall–Kier alpha value is -0.880. The van der Waals surface area contributed by atoms with Gasteiger partial charge in [-0.1, -0.05) is 19.4 Å². The highest BCUT2D eigenvalue weighted by atomic mass is 32.2. The minimum absolute atomic E-state index is 0.125. The van der Waals surface area contributed by atoms with E-state index >= 15 is 0 Å². The van der Waals surface area contributed by atoms with Crippen LogP contribution in [0.15, 0.2) is 12.0 Å². The lowest BCUT2D eigenvalue weighted by Crippen LogP contribution is -2.30. The predicted molar refractivity (Wildman–Crippen MR) is 80.6 cm³/mol. The summed E-state index contributed by atoms with van der Waals surface area (Å²) in [6.07, 6.45) is 3.64. The Morgan fingerprint density at radius 3 is 2.40 bits per heavy atom. The molecule has 20 heavy (non-hydrogen) atoms. The molecule has 6 heteroatoms. The van der Waals surface area contributed by atoms with Crippen LogP contribution in [0.2, 0.25) is 0 Å². The van der Waals surface area contributed by atoms with E-state index in [0.29, 0.717) is 6.42 Å². The molecule has 1 atom stereocenters. The second-order valence-corrected chi connectivity index (χ2v) is 7.58. The van der Waals surface area contributed by atoms with Gasteiger partial charge in [0.15, 0.2) is 0 Å². The van der Waals surface area contributed by atoms with Crippen LogP contribution in [0.1, 0.15) is 59.8 Å². The van der Waals surface area contributed by atoms with Crippen LogP contribution in [0.5, 0.6) is 0 Å². The van der Waals surface area contributed by atoms with Gasteiger partial charge in [-0.15, -0.1) is 0 Å². The Morgan fingerprint density at radius 1 is 1.30 bits per heavy atom. The smallest absolute Gasteiger partial charge is 0.306 e. The number of esters is 1. The number of nitrogens with one attached hydrogen (secondary N) is 1. The van der Waals surface area contributed by atoms with Crippen LogP contribution in [-0.4, -0.2) is 26.0 Å². The average molecular weight is 305 g/mol. The van der Waals surface area contributed by atoms with Gasteiger partial charge in [-0.25, -0.2) is 13.1 Å². The van der Waals surface area contributed by atoms with E-state index in [9.17, 15) is 13.2 Å². The number of unbranched alkanes of at least 4 members (excludes halogenated alkanes) is 2. The molecule has 0 radical (unpaired) electrons. The van der Waals surface area contributed by atoms with Gasteiger partial charge in [0.1, 0.15) is 5.60 Å². The maximum Gasteiger partial charge on any atom is 0.306 e. The second-order valence-electron chi connectivity index (χ2n) is 5.92. The van der Waals surface area contributed by atoms with Crippen molar-refractivity contribution < 1.29 is 17.9 Å². The third-order valence-electron chi connectivity index (χ3n) is 2.52. The summed E-state index contributed by atoms with van der Waals surface area (Å²) in [6.45, 7) is 10.6. The third-order valence-corrected chi connectivity index (χ3v) is 3.69. The van der Waals surface area contributed by atoms with Gasteiger partial charge in [-0.3, -0.25) is 4.79 Å². The molecule has 118 valence electrons. The van der Waals surface area contributed by atoms with Crippen LogP contribution in [0.3, 0.4) is 0 Å². The third kappa shape index (κ3) is 11.0. The monoisotopic (exact) mass is 305 g/mol. The fraction of sp³-hybridized carbons (Fsp3) is 0.786. The standard InChI is InChI=1S/C14H27NO4S/c1-6-20(17,18)15-12(2)10-8-7-9-11-13(16)19-14(3,4)5/h6,12,15H,1,7-11H2,2-5H3/t12-/m1/s1. The minimum atomic E-state index is -3.36. The van der Waals surface area contributed by atoms with Crippen LogP contribution >= 0.6 is 0 Å². The zero-order valence-electron chi connectivity index (χ0n) is 12.9. The van der Waals surface area contributed by atoms with Crippen molar-refractivity contribution in [3.05, 3.63) is 12.0 Å². The summed E-state index contributed by atoms with van der Waals surface area (Å²) in [6, 6.07) is -0.125. The van der Waals surface area contributed by atoms with Crippen LogP contribution in [0, 0.1) is 0 Å². The highest BCUT2D eigenvalue weighted by Gasteiger charge is 2.15. The number of carbonyl (C=O) groups excluding carboxylic acids is 1. The molecular weight excluding hydrogens is 278 g/mol. The van der Waals surface area contributed by atoms with Crippen molar-refractivity contribution in [1.29, 1.82) is 0 Å². The van der Waals surface area contributed by atoms with Gasteiger partial charge in [0.2, 0.25) is 10.0 Å². The van der Waals surface area contributed by atoms with Crippen molar-refractivity contribution in [3.63, 3.8) is 0 Å². The second kappa shape index (κ2) is 8.42. The lowest BCUT2D eigenvalue weighted by Gasteiger charge is -2.19.